The SMILES string of the molecule is O=c1sc2cc(S(=O)(=O)NCCSc3ccc(Cl)cc3)ccc2n1Cc1ccccc1Cl. The van der Waals surface area contributed by atoms with Crippen molar-refractivity contribution in [2.75, 3.05) is 12.3 Å². The van der Waals surface area contributed by atoms with E-state index in [2.05, 4.69) is 4.72 Å². The van der Waals surface area contributed by atoms with Crippen LogP contribution >= 0.6 is 46.3 Å². The molecule has 0 fully saturated rings. The Morgan fingerprint density at radius 3 is 2.50 bits per heavy atom. The van der Waals surface area contributed by atoms with Crippen LogP contribution in [0.4, 0.5) is 0 Å². The third kappa shape index (κ3) is 5.39. The highest BCUT2D eigenvalue weighted by atomic mass is 35.5. The normalized spacial score (nSPS) is 11.8. The number of nitrogens with zero attached hydrogens (tertiary/aromatic N) is 1. The van der Waals surface area contributed by atoms with E-state index in [4.69, 9.17) is 23.2 Å². The Balaban J connectivity index is 1.47. The number of sulfonamides is 1. The van der Waals surface area contributed by atoms with E-state index in [0.29, 0.717) is 32.6 Å². The average Bonchev–Trinajstić information content (AvgIpc) is 3.08. The summed E-state index contributed by atoms with van der Waals surface area (Å²) in [5.41, 5.74) is 1.50. The molecule has 0 bridgehead atoms. The fourth-order valence-electron chi connectivity index (χ4n) is 3.12. The van der Waals surface area contributed by atoms with Crippen molar-refractivity contribution >= 4 is 66.5 Å². The van der Waals surface area contributed by atoms with Gasteiger partial charge in [0.1, 0.15) is 0 Å². The van der Waals surface area contributed by atoms with Crippen molar-refractivity contribution in [3.05, 3.63) is 92.0 Å². The number of hydrogen-bond acceptors (Lipinski definition) is 5. The number of fused-ring (bicyclic) bond motifs is 1. The number of rotatable bonds is 8. The molecule has 1 heterocycles. The Kier molecular flexibility index (Phi) is 7.29. The van der Waals surface area contributed by atoms with Crippen LogP contribution in [0.5, 0.6) is 0 Å². The van der Waals surface area contributed by atoms with Gasteiger partial charge in [0.25, 0.3) is 0 Å². The predicted molar refractivity (Wildman–Crippen MR) is 134 cm³/mol. The fourth-order valence-corrected chi connectivity index (χ4v) is 6.40. The minimum absolute atomic E-state index is 0.132. The lowest BCUT2D eigenvalue weighted by molar-refractivity contribution is 0.584. The molecule has 0 radical (unpaired) electrons. The molecule has 1 N–H and O–H groups in total. The van der Waals surface area contributed by atoms with Crippen LogP contribution in [0.25, 0.3) is 10.2 Å². The van der Waals surface area contributed by atoms with E-state index in [-0.39, 0.29) is 16.3 Å². The molecule has 0 spiro atoms. The van der Waals surface area contributed by atoms with Crippen molar-refractivity contribution in [1.29, 1.82) is 0 Å². The van der Waals surface area contributed by atoms with Crippen molar-refractivity contribution in [3.8, 4) is 0 Å². The Hall–Kier alpha value is -1.81. The maximum atomic E-state index is 12.7. The molecule has 5 nitrogen and oxygen atoms in total. The summed E-state index contributed by atoms with van der Waals surface area (Å²) in [5, 5.41) is 1.24. The van der Waals surface area contributed by atoms with Gasteiger partial charge in [0.2, 0.25) is 10.0 Å². The molecule has 0 aliphatic rings. The molecule has 10 heteroatoms. The van der Waals surface area contributed by atoms with Gasteiger partial charge in [-0.05, 0) is 54.1 Å². The van der Waals surface area contributed by atoms with E-state index in [1.165, 1.54) is 17.8 Å². The van der Waals surface area contributed by atoms with E-state index in [1.54, 1.807) is 34.9 Å². The molecule has 32 heavy (non-hydrogen) atoms. The first-order chi connectivity index (χ1) is 15.3. The summed E-state index contributed by atoms with van der Waals surface area (Å²) in [6.07, 6.45) is 0. The maximum absolute atomic E-state index is 12.7. The fraction of sp³-hybridized carbons (Fsp3) is 0.136. The maximum Gasteiger partial charge on any atom is 0.308 e. The van der Waals surface area contributed by atoms with Gasteiger partial charge in [-0.1, -0.05) is 52.7 Å². The molecule has 0 aliphatic heterocycles. The lowest BCUT2D eigenvalue weighted by Crippen LogP contribution is -2.26. The van der Waals surface area contributed by atoms with Crippen LogP contribution in [0.3, 0.4) is 0 Å². The number of benzene rings is 3. The van der Waals surface area contributed by atoms with Crippen molar-refractivity contribution in [2.24, 2.45) is 0 Å². The lowest BCUT2D eigenvalue weighted by atomic mass is 10.2. The minimum atomic E-state index is -3.69. The molecular formula is C22H18Cl2N2O3S3. The second kappa shape index (κ2) is 9.99. The molecule has 0 amide bonds. The monoisotopic (exact) mass is 524 g/mol. The minimum Gasteiger partial charge on any atom is -0.294 e. The quantitative estimate of drug-likeness (QED) is 0.244. The molecule has 0 atom stereocenters. The first-order valence-corrected chi connectivity index (χ1v) is 13.6. The smallest absolute Gasteiger partial charge is 0.294 e. The zero-order valence-electron chi connectivity index (χ0n) is 16.6. The van der Waals surface area contributed by atoms with Gasteiger partial charge in [0, 0.05) is 27.2 Å². The molecule has 4 rings (SSSR count). The van der Waals surface area contributed by atoms with Gasteiger partial charge in [-0.2, -0.15) is 0 Å². The highest BCUT2D eigenvalue weighted by molar-refractivity contribution is 7.99. The van der Waals surface area contributed by atoms with Crippen LogP contribution in [0.2, 0.25) is 10.0 Å². The third-order valence-corrected chi connectivity index (χ3v) is 8.75. The van der Waals surface area contributed by atoms with Crippen LogP contribution < -0.4 is 9.60 Å². The summed E-state index contributed by atoms with van der Waals surface area (Å²) in [6.45, 7) is 0.599. The molecule has 4 aromatic rings. The van der Waals surface area contributed by atoms with E-state index < -0.39 is 10.0 Å². The first kappa shape index (κ1) is 23.4. The lowest BCUT2D eigenvalue weighted by Gasteiger charge is -2.08. The number of thiazole rings is 1. The van der Waals surface area contributed by atoms with Crippen molar-refractivity contribution in [1.82, 2.24) is 9.29 Å². The average molecular weight is 526 g/mol. The summed E-state index contributed by atoms with van der Waals surface area (Å²) < 4.78 is 30.3. The second-order valence-electron chi connectivity index (χ2n) is 6.88. The Morgan fingerprint density at radius 1 is 1.00 bits per heavy atom. The predicted octanol–water partition coefficient (Wildman–Crippen LogP) is 5.49. The van der Waals surface area contributed by atoms with Gasteiger partial charge in [-0.3, -0.25) is 9.36 Å². The molecule has 0 unspecified atom stereocenters. The Morgan fingerprint density at radius 2 is 1.75 bits per heavy atom. The topological polar surface area (TPSA) is 68.2 Å². The zero-order valence-corrected chi connectivity index (χ0v) is 20.6. The van der Waals surface area contributed by atoms with Gasteiger partial charge in [0.15, 0.2) is 0 Å². The van der Waals surface area contributed by atoms with Gasteiger partial charge >= 0.3 is 4.87 Å². The van der Waals surface area contributed by atoms with Gasteiger partial charge in [0.05, 0.1) is 21.7 Å². The van der Waals surface area contributed by atoms with Crippen LogP contribution in [0.1, 0.15) is 5.56 Å². The summed E-state index contributed by atoms with van der Waals surface area (Å²) >= 11 is 14.7. The number of aromatic nitrogens is 1. The Labute approximate surface area is 204 Å². The third-order valence-electron chi connectivity index (χ3n) is 4.71. The van der Waals surface area contributed by atoms with Crippen LogP contribution in [-0.4, -0.2) is 25.3 Å². The second-order valence-corrected chi connectivity index (χ2v) is 11.6. The number of hydrogen-bond donors (Lipinski definition) is 1. The molecule has 1 aromatic heterocycles. The summed E-state index contributed by atoms with van der Waals surface area (Å²) in [4.78, 5) is 13.5. The molecule has 0 saturated carbocycles. The van der Waals surface area contributed by atoms with Crippen LogP contribution in [-0.2, 0) is 16.6 Å². The van der Waals surface area contributed by atoms with Crippen molar-refractivity contribution in [2.45, 2.75) is 16.3 Å². The number of thioether (sulfide) groups is 1. The van der Waals surface area contributed by atoms with Gasteiger partial charge < -0.3 is 0 Å². The number of halogens is 2. The molecule has 166 valence electrons. The molecule has 3 aromatic carbocycles. The van der Waals surface area contributed by atoms with E-state index in [1.807, 2.05) is 30.3 Å². The van der Waals surface area contributed by atoms with E-state index in [9.17, 15) is 13.2 Å². The first-order valence-electron chi connectivity index (χ1n) is 9.58. The van der Waals surface area contributed by atoms with Gasteiger partial charge in [-0.25, -0.2) is 13.1 Å². The molecule has 0 aliphatic carbocycles. The van der Waals surface area contributed by atoms with Crippen molar-refractivity contribution in [3.63, 3.8) is 0 Å². The molecular weight excluding hydrogens is 507 g/mol. The van der Waals surface area contributed by atoms with Crippen LogP contribution in [0.15, 0.2) is 81.3 Å². The highest BCUT2D eigenvalue weighted by Crippen LogP contribution is 2.24. The largest absolute Gasteiger partial charge is 0.308 e. The van der Waals surface area contributed by atoms with Crippen LogP contribution in [0, 0.1) is 0 Å². The summed E-state index contributed by atoms with van der Waals surface area (Å²) in [6, 6.07) is 19.4. The standard InChI is InChI=1S/C22H18Cl2N2O3S3/c23-16-5-7-17(8-6-16)30-12-11-25-32(28,29)18-9-10-20-21(13-18)31-22(27)26(20)14-15-3-1-2-4-19(15)24/h1-10,13,25H,11-12,14H2. The van der Waals surface area contributed by atoms with E-state index >= 15 is 0 Å². The van der Waals surface area contributed by atoms with Gasteiger partial charge in [-0.15, -0.1) is 11.8 Å². The number of nitrogens with one attached hydrogen (secondary N) is 1. The summed E-state index contributed by atoms with van der Waals surface area (Å²) in [5.74, 6) is 0.574. The van der Waals surface area contributed by atoms with Crippen molar-refractivity contribution < 1.29 is 8.42 Å². The summed E-state index contributed by atoms with van der Waals surface area (Å²) in [7, 11) is -3.69. The Bertz CT molecular complexity index is 1410. The zero-order chi connectivity index (χ0) is 22.7. The molecule has 0 saturated heterocycles. The van der Waals surface area contributed by atoms with E-state index in [0.717, 1.165) is 21.8 Å². The highest BCUT2D eigenvalue weighted by Gasteiger charge is 2.17.